The van der Waals surface area contributed by atoms with Crippen LogP contribution in [0.1, 0.15) is 0 Å². The lowest BCUT2D eigenvalue weighted by atomic mass is 10.3. The summed E-state index contributed by atoms with van der Waals surface area (Å²) in [6.07, 6.45) is 2.69. The van der Waals surface area contributed by atoms with Gasteiger partial charge in [0.25, 0.3) is 5.88 Å². The van der Waals surface area contributed by atoms with Crippen LogP contribution in [0.2, 0.25) is 5.02 Å². The Bertz CT molecular complexity index is 810. The van der Waals surface area contributed by atoms with Crippen LogP contribution < -0.4 is 15.4 Å². The van der Waals surface area contributed by atoms with Gasteiger partial charge in [-0.25, -0.2) is 9.78 Å². The zero-order chi connectivity index (χ0) is 16.1. The van der Waals surface area contributed by atoms with Gasteiger partial charge in [-0.1, -0.05) is 17.7 Å². The van der Waals surface area contributed by atoms with Crippen molar-refractivity contribution in [1.82, 2.24) is 9.97 Å². The lowest BCUT2D eigenvalue weighted by Crippen LogP contribution is -2.17. The molecule has 0 fully saturated rings. The van der Waals surface area contributed by atoms with Gasteiger partial charge in [0, 0.05) is 16.9 Å². The van der Waals surface area contributed by atoms with E-state index in [0.29, 0.717) is 15.7 Å². The summed E-state index contributed by atoms with van der Waals surface area (Å²) >= 11 is 7.19. The maximum Gasteiger partial charge on any atom is 0.418 e. The molecule has 8 heteroatoms. The molecule has 0 aliphatic carbocycles. The molecule has 2 heterocycles. The lowest BCUT2D eigenvalue weighted by Gasteiger charge is -2.07. The van der Waals surface area contributed by atoms with Crippen LogP contribution in [0.5, 0.6) is 5.88 Å². The third-order valence-corrected chi connectivity index (χ3v) is 3.67. The number of amides is 1. The second-order valence-corrected chi connectivity index (χ2v) is 5.67. The van der Waals surface area contributed by atoms with E-state index in [9.17, 15) is 4.79 Å². The molecule has 0 bridgehead atoms. The van der Waals surface area contributed by atoms with Crippen molar-refractivity contribution in [2.24, 2.45) is 0 Å². The van der Waals surface area contributed by atoms with Crippen molar-refractivity contribution in [3.05, 3.63) is 59.3 Å². The molecular weight excluding hydrogens is 336 g/mol. The molecule has 0 saturated heterocycles. The first-order valence-electron chi connectivity index (χ1n) is 6.55. The van der Waals surface area contributed by atoms with Crippen molar-refractivity contribution in [2.75, 3.05) is 10.6 Å². The third kappa shape index (κ3) is 4.18. The highest BCUT2D eigenvalue weighted by Crippen LogP contribution is 2.30. The highest BCUT2D eigenvalue weighted by molar-refractivity contribution is 7.14. The van der Waals surface area contributed by atoms with Crippen molar-refractivity contribution >= 4 is 45.4 Å². The van der Waals surface area contributed by atoms with E-state index < -0.39 is 6.09 Å². The fraction of sp³-hybridized carbons (Fsp3) is 0. The predicted octanol–water partition coefficient (Wildman–Crippen LogP) is 4.55. The number of rotatable bonds is 4. The van der Waals surface area contributed by atoms with Gasteiger partial charge < -0.3 is 10.1 Å². The molecule has 2 N–H and O–H groups in total. The number of ether oxygens (including phenoxy) is 1. The summed E-state index contributed by atoms with van der Waals surface area (Å²) in [4.78, 5) is 20.0. The molecule has 0 saturated carbocycles. The van der Waals surface area contributed by atoms with E-state index in [2.05, 4.69) is 20.6 Å². The minimum Gasteiger partial charge on any atom is -0.388 e. The average Bonchev–Trinajstić information content (AvgIpc) is 2.95. The topological polar surface area (TPSA) is 76.1 Å². The quantitative estimate of drug-likeness (QED) is 0.725. The number of carbonyl (C=O) groups excluding carboxylic acids is 1. The Balaban J connectivity index is 1.66. The van der Waals surface area contributed by atoms with Crippen molar-refractivity contribution in [2.45, 2.75) is 0 Å². The number of carbonyl (C=O) groups is 1. The first kappa shape index (κ1) is 15.3. The number of aromatic nitrogens is 2. The number of thiazole rings is 1. The van der Waals surface area contributed by atoms with E-state index in [1.165, 1.54) is 11.3 Å². The number of nitrogens with zero attached hydrogens (tertiary/aromatic N) is 2. The SMILES string of the molecule is O=C(Nc1cccc(Cl)c1)Oc1ncsc1Nc1cccnc1. The Labute approximate surface area is 141 Å². The second-order valence-electron chi connectivity index (χ2n) is 4.38. The molecule has 0 aliphatic rings. The van der Waals surface area contributed by atoms with Crippen LogP contribution in [-0.4, -0.2) is 16.1 Å². The Kier molecular flexibility index (Phi) is 4.70. The van der Waals surface area contributed by atoms with Crippen LogP contribution in [0.4, 0.5) is 21.2 Å². The predicted molar refractivity (Wildman–Crippen MR) is 90.7 cm³/mol. The van der Waals surface area contributed by atoms with Gasteiger partial charge in [0.15, 0.2) is 5.00 Å². The summed E-state index contributed by atoms with van der Waals surface area (Å²) in [6.45, 7) is 0. The molecular formula is C15H11ClN4O2S. The van der Waals surface area contributed by atoms with E-state index >= 15 is 0 Å². The van der Waals surface area contributed by atoms with Crippen LogP contribution in [-0.2, 0) is 0 Å². The maximum atomic E-state index is 11.9. The first-order valence-corrected chi connectivity index (χ1v) is 7.81. The fourth-order valence-electron chi connectivity index (χ4n) is 1.76. The first-order chi connectivity index (χ1) is 11.2. The van der Waals surface area contributed by atoms with Crippen LogP contribution in [0.3, 0.4) is 0 Å². The lowest BCUT2D eigenvalue weighted by molar-refractivity contribution is 0.214. The summed E-state index contributed by atoms with van der Waals surface area (Å²) in [7, 11) is 0. The number of anilines is 3. The largest absolute Gasteiger partial charge is 0.418 e. The fourth-order valence-corrected chi connectivity index (χ4v) is 2.57. The van der Waals surface area contributed by atoms with Gasteiger partial charge in [-0.05, 0) is 30.3 Å². The molecule has 0 radical (unpaired) electrons. The van der Waals surface area contributed by atoms with Crippen LogP contribution in [0, 0.1) is 0 Å². The number of halogens is 1. The second kappa shape index (κ2) is 7.08. The molecule has 23 heavy (non-hydrogen) atoms. The molecule has 2 aromatic heterocycles. The van der Waals surface area contributed by atoms with Crippen LogP contribution in [0.25, 0.3) is 0 Å². The Morgan fingerprint density at radius 3 is 2.87 bits per heavy atom. The van der Waals surface area contributed by atoms with Crippen molar-refractivity contribution < 1.29 is 9.53 Å². The Morgan fingerprint density at radius 1 is 1.22 bits per heavy atom. The average molecular weight is 347 g/mol. The zero-order valence-electron chi connectivity index (χ0n) is 11.7. The van der Waals surface area contributed by atoms with E-state index in [-0.39, 0.29) is 5.88 Å². The molecule has 6 nitrogen and oxygen atoms in total. The van der Waals surface area contributed by atoms with Gasteiger partial charge in [0.2, 0.25) is 0 Å². The minimum absolute atomic E-state index is 0.193. The maximum absolute atomic E-state index is 11.9. The standard InChI is InChI=1S/C15H11ClN4O2S/c16-10-3-1-4-11(7-10)20-15(21)22-13-14(23-9-18-13)19-12-5-2-6-17-8-12/h1-9,19H,(H,20,21). The number of nitrogens with one attached hydrogen (secondary N) is 2. The molecule has 3 aromatic rings. The Hall–Kier alpha value is -2.64. The highest BCUT2D eigenvalue weighted by atomic mass is 35.5. The molecule has 0 atom stereocenters. The van der Waals surface area contributed by atoms with Crippen molar-refractivity contribution in [3.8, 4) is 5.88 Å². The highest BCUT2D eigenvalue weighted by Gasteiger charge is 2.13. The van der Waals surface area contributed by atoms with E-state index in [4.69, 9.17) is 16.3 Å². The number of hydrogen-bond donors (Lipinski definition) is 2. The molecule has 1 aromatic carbocycles. The van der Waals surface area contributed by atoms with Gasteiger partial charge >= 0.3 is 6.09 Å². The van der Waals surface area contributed by atoms with Crippen molar-refractivity contribution in [1.29, 1.82) is 0 Å². The Morgan fingerprint density at radius 2 is 2.09 bits per heavy atom. The van der Waals surface area contributed by atoms with Gasteiger partial charge in [-0.3, -0.25) is 10.3 Å². The minimum atomic E-state index is -0.646. The van der Waals surface area contributed by atoms with Gasteiger partial charge in [-0.15, -0.1) is 11.3 Å². The van der Waals surface area contributed by atoms with E-state index in [1.807, 2.05) is 6.07 Å². The third-order valence-electron chi connectivity index (χ3n) is 2.71. The van der Waals surface area contributed by atoms with Crippen LogP contribution in [0.15, 0.2) is 54.3 Å². The van der Waals surface area contributed by atoms with E-state index in [0.717, 1.165) is 5.69 Å². The number of benzene rings is 1. The molecule has 0 unspecified atom stereocenters. The summed E-state index contributed by atoms with van der Waals surface area (Å²) in [5, 5.41) is 6.82. The molecule has 0 aliphatic heterocycles. The summed E-state index contributed by atoms with van der Waals surface area (Å²) in [6, 6.07) is 10.4. The zero-order valence-corrected chi connectivity index (χ0v) is 13.3. The van der Waals surface area contributed by atoms with Gasteiger partial charge in [0.1, 0.15) is 0 Å². The monoisotopic (exact) mass is 346 g/mol. The van der Waals surface area contributed by atoms with Gasteiger partial charge in [0.05, 0.1) is 17.4 Å². The molecule has 116 valence electrons. The number of pyridine rings is 1. The van der Waals surface area contributed by atoms with Crippen molar-refractivity contribution in [3.63, 3.8) is 0 Å². The smallest absolute Gasteiger partial charge is 0.388 e. The van der Waals surface area contributed by atoms with Crippen LogP contribution >= 0.6 is 22.9 Å². The summed E-state index contributed by atoms with van der Waals surface area (Å²) in [5.41, 5.74) is 2.90. The molecule has 1 amide bonds. The molecule has 0 spiro atoms. The molecule has 3 rings (SSSR count). The summed E-state index contributed by atoms with van der Waals surface area (Å²) in [5.74, 6) is 0.193. The summed E-state index contributed by atoms with van der Waals surface area (Å²) < 4.78 is 5.22. The number of hydrogen-bond acceptors (Lipinski definition) is 6. The normalized spacial score (nSPS) is 10.1. The van der Waals surface area contributed by atoms with E-state index in [1.54, 1.807) is 48.2 Å². The van der Waals surface area contributed by atoms with Gasteiger partial charge in [-0.2, -0.15) is 0 Å².